The van der Waals surface area contributed by atoms with E-state index in [9.17, 15) is 4.79 Å². The molecule has 130 valence electrons. The maximum Gasteiger partial charge on any atom is 0.267 e. The number of nitrogens with zero attached hydrogens (tertiary/aromatic N) is 3. The van der Waals surface area contributed by atoms with Crippen LogP contribution < -0.4 is 10.1 Å². The summed E-state index contributed by atoms with van der Waals surface area (Å²) < 4.78 is 7.00. The van der Waals surface area contributed by atoms with Gasteiger partial charge in [-0.15, -0.1) is 0 Å². The molecule has 0 atom stereocenters. The summed E-state index contributed by atoms with van der Waals surface area (Å²) in [5.41, 5.74) is 3.03. The van der Waals surface area contributed by atoms with E-state index < -0.39 is 0 Å². The van der Waals surface area contributed by atoms with Crippen LogP contribution in [0, 0.1) is 20.8 Å². The Morgan fingerprint density at radius 2 is 2.04 bits per heavy atom. The monoisotopic (exact) mass is 376 g/mol. The molecule has 2 heterocycles. The highest BCUT2D eigenvalue weighted by Gasteiger charge is 2.19. The molecule has 2 aromatic heterocycles. The molecule has 0 aliphatic rings. The lowest BCUT2D eigenvalue weighted by Crippen LogP contribution is -2.12. The van der Waals surface area contributed by atoms with Crippen LogP contribution in [-0.4, -0.2) is 27.8 Å². The van der Waals surface area contributed by atoms with Crippen molar-refractivity contribution >= 4 is 34.5 Å². The van der Waals surface area contributed by atoms with Crippen molar-refractivity contribution in [1.82, 2.24) is 14.8 Å². The number of nitrogens with one attached hydrogen (secondary N) is 1. The lowest BCUT2D eigenvalue weighted by Gasteiger charge is -2.09. The molecule has 0 aliphatic carbocycles. The Labute approximate surface area is 154 Å². The zero-order valence-electron chi connectivity index (χ0n) is 14.3. The number of aryl methyl sites for hydroxylation is 3. The van der Waals surface area contributed by atoms with E-state index in [4.69, 9.17) is 16.3 Å². The van der Waals surface area contributed by atoms with Crippen molar-refractivity contribution in [3.8, 4) is 10.9 Å². The average Bonchev–Trinajstić information content (AvgIpc) is 3.09. The largest absolute Gasteiger partial charge is 0.495 e. The summed E-state index contributed by atoms with van der Waals surface area (Å²) in [5.74, 6) is 0.280. The third-order valence-electron chi connectivity index (χ3n) is 3.59. The third-order valence-corrected chi connectivity index (χ3v) is 4.96. The number of aromatic nitrogens is 3. The number of hydrogen-bond donors (Lipinski definition) is 1. The summed E-state index contributed by atoms with van der Waals surface area (Å²) >= 11 is 7.30. The molecule has 1 aromatic carbocycles. The molecule has 0 aliphatic heterocycles. The van der Waals surface area contributed by atoms with Gasteiger partial charge in [-0.2, -0.15) is 5.10 Å². The minimum absolute atomic E-state index is 0.261. The van der Waals surface area contributed by atoms with Gasteiger partial charge in [0.05, 0.1) is 24.2 Å². The first-order valence-electron chi connectivity index (χ1n) is 7.55. The smallest absolute Gasteiger partial charge is 0.267 e. The highest BCUT2D eigenvalue weighted by molar-refractivity contribution is 7.16. The zero-order chi connectivity index (χ0) is 18.1. The predicted molar refractivity (Wildman–Crippen MR) is 99.4 cm³/mol. The lowest BCUT2D eigenvalue weighted by molar-refractivity contribution is 0.102. The summed E-state index contributed by atoms with van der Waals surface area (Å²) in [4.78, 5) is 17.7. The fraction of sp³-hybridized carbons (Fsp3) is 0.235. The second kappa shape index (κ2) is 6.85. The van der Waals surface area contributed by atoms with Crippen molar-refractivity contribution in [1.29, 1.82) is 0 Å². The van der Waals surface area contributed by atoms with Gasteiger partial charge in [-0.1, -0.05) is 22.9 Å². The van der Waals surface area contributed by atoms with Crippen LogP contribution in [0.2, 0.25) is 5.02 Å². The standard InChI is InChI=1S/C17H17ClN4O2S/c1-9-7-10(2)22(21-9)17-19-11(3)15(25-17)16(23)20-13-8-12(18)5-6-14(13)24-4/h5-8H,1-4H3,(H,20,23). The number of carbonyl (C=O) groups excluding carboxylic acids is 1. The molecular weight excluding hydrogens is 360 g/mol. The molecule has 0 unspecified atom stereocenters. The van der Waals surface area contributed by atoms with Crippen molar-refractivity contribution in [2.45, 2.75) is 20.8 Å². The van der Waals surface area contributed by atoms with Gasteiger partial charge in [-0.05, 0) is 45.0 Å². The van der Waals surface area contributed by atoms with Gasteiger partial charge < -0.3 is 10.1 Å². The van der Waals surface area contributed by atoms with Crippen LogP contribution in [0.15, 0.2) is 24.3 Å². The maximum absolute atomic E-state index is 12.7. The second-order valence-electron chi connectivity index (χ2n) is 5.55. The molecule has 3 rings (SSSR count). The number of hydrogen-bond acceptors (Lipinski definition) is 5. The molecule has 1 amide bonds. The number of amides is 1. The maximum atomic E-state index is 12.7. The second-order valence-corrected chi connectivity index (χ2v) is 6.96. The van der Waals surface area contributed by atoms with Crippen molar-refractivity contribution in [2.75, 3.05) is 12.4 Å². The highest BCUT2D eigenvalue weighted by Crippen LogP contribution is 2.29. The lowest BCUT2D eigenvalue weighted by atomic mass is 10.2. The number of carbonyl (C=O) groups is 1. The summed E-state index contributed by atoms with van der Waals surface area (Å²) in [6.45, 7) is 5.67. The average molecular weight is 377 g/mol. The molecule has 0 bridgehead atoms. The summed E-state index contributed by atoms with van der Waals surface area (Å²) in [6, 6.07) is 7.03. The van der Waals surface area contributed by atoms with Gasteiger partial charge in [-0.3, -0.25) is 4.79 Å². The van der Waals surface area contributed by atoms with E-state index in [1.807, 2.05) is 19.9 Å². The molecule has 0 fully saturated rings. The Balaban J connectivity index is 1.91. The van der Waals surface area contributed by atoms with Crippen molar-refractivity contribution in [3.63, 3.8) is 0 Å². The van der Waals surface area contributed by atoms with Crippen molar-refractivity contribution in [3.05, 3.63) is 51.2 Å². The SMILES string of the molecule is COc1ccc(Cl)cc1NC(=O)c1sc(-n2nc(C)cc2C)nc1C. The van der Waals surface area contributed by atoms with E-state index in [1.54, 1.807) is 29.8 Å². The molecular formula is C17H17ClN4O2S. The van der Waals surface area contributed by atoms with Crippen LogP contribution in [0.5, 0.6) is 5.75 Å². The van der Waals surface area contributed by atoms with Gasteiger partial charge in [-0.25, -0.2) is 9.67 Å². The van der Waals surface area contributed by atoms with Gasteiger partial charge in [0.1, 0.15) is 10.6 Å². The van der Waals surface area contributed by atoms with Gasteiger partial charge in [0.25, 0.3) is 5.91 Å². The molecule has 0 radical (unpaired) electrons. The minimum atomic E-state index is -0.261. The summed E-state index contributed by atoms with van der Waals surface area (Å²) in [7, 11) is 1.54. The molecule has 3 aromatic rings. The van der Waals surface area contributed by atoms with E-state index in [0.717, 1.165) is 11.4 Å². The number of halogens is 1. The Kier molecular flexibility index (Phi) is 4.78. The number of thiazole rings is 1. The van der Waals surface area contributed by atoms with Gasteiger partial charge in [0.15, 0.2) is 0 Å². The van der Waals surface area contributed by atoms with Crippen LogP contribution in [0.3, 0.4) is 0 Å². The minimum Gasteiger partial charge on any atom is -0.495 e. The Morgan fingerprint density at radius 1 is 1.28 bits per heavy atom. The third kappa shape index (κ3) is 3.52. The molecule has 0 saturated carbocycles. The quantitative estimate of drug-likeness (QED) is 0.742. The number of benzene rings is 1. The molecule has 1 N–H and O–H groups in total. The van der Waals surface area contributed by atoms with E-state index in [2.05, 4.69) is 15.4 Å². The van der Waals surface area contributed by atoms with Gasteiger partial charge in [0.2, 0.25) is 5.13 Å². The first-order valence-corrected chi connectivity index (χ1v) is 8.74. The van der Waals surface area contributed by atoms with Crippen LogP contribution >= 0.6 is 22.9 Å². The number of ether oxygens (including phenoxy) is 1. The first-order chi connectivity index (χ1) is 11.9. The van der Waals surface area contributed by atoms with E-state index >= 15 is 0 Å². The topological polar surface area (TPSA) is 69.0 Å². The Morgan fingerprint density at radius 3 is 2.68 bits per heavy atom. The molecule has 0 spiro atoms. The number of rotatable bonds is 4. The summed E-state index contributed by atoms with van der Waals surface area (Å²) in [6.07, 6.45) is 0. The van der Waals surface area contributed by atoms with Gasteiger partial charge in [0, 0.05) is 10.7 Å². The fourth-order valence-electron chi connectivity index (χ4n) is 2.46. The predicted octanol–water partition coefficient (Wildman–Crippen LogP) is 4.17. The number of anilines is 1. The van der Waals surface area contributed by atoms with E-state index in [0.29, 0.717) is 32.2 Å². The Hall–Kier alpha value is -2.38. The van der Waals surface area contributed by atoms with Gasteiger partial charge >= 0.3 is 0 Å². The fourth-order valence-corrected chi connectivity index (χ4v) is 3.61. The van der Waals surface area contributed by atoms with Crippen LogP contribution in [0.25, 0.3) is 5.13 Å². The van der Waals surface area contributed by atoms with Crippen LogP contribution in [0.1, 0.15) is 26.8 Å². The molecule has 6 nitrogen and oxygen atoms in total. The van der Waals surface area contributed by atoms with Crippen LogP contribution in [0.4, 0.5) is 5.69 Å². The van der Waals surface area contributed by atoms with E-state index in [-0.39, 0.29) is 5.91 Å². The zero-order valence-corrected chi connectivity index (χ0v) is 15.8. The number of methoxy groups -OCH3 is 1. The van der Waals surface area contributed by atoms with E-state index in [1.165, 1.54) is 18.4 Å². The highest BCUT2D eigenvalue weighted by atomic mass is 35.5. The van der Waals surface area contributed by atoms with Crippen molar-refractivity contribution < 1.29 is 9.53 Å². The van der Waals surface area contributed by atoms with Crippen molar-refractivity contribution in [2.24, 2.45) is 0 Å². The van der Waals surface area contributed by atoms with Crippen LogP contribution in [-0.2, 0) is 0 Å². The summed E-state index contributed by atoms with van der Waals surface area (Å²) in [5, 5.41) is 8.42. The first kappa shape index (κ1) is 17.4. The molecule has 25 heavy (non-hydrogen) atoms. The normalized spacial score (nSPS) is 10.8. The Bertz CT molecular complexity index is 948. The molecule has 0 saturated heterocycles. The molecule has 8 heteroatoms.